The van der Waals surface area contributed by atoms with E-state index in [-0.39, 0.29) is 30.8 Å². The Morgan fingerprint density at radius 3 is 2.58 bits per heavy atom. The summed E-state index contributed by atoms with van der Waals surface area (Å²) in [5.74, 6) is 0.0357. The Bertz CT molecular complexity index is 643. The van der Waals surface area contributed by atoms with Crippen molar-refractivity contribution in [1.29, 1.82) is 0 Å². The number of ether oxygens (including phenoxy) is 1. The van der Waals surface area contributed by atoms with Crippen LogP contribution < -0.4 is 11.1 Å². The Kier molecular flexibility index (Phi) is 7.91. The fourth-order valence-electron chi connectivity index (χ4n) is 2.33. The number of halogens is 1. The van der Waals surface area contributed by atoms with Gasteiger partial charge in [-0.05, 0) is 18.1 Å². The first kappa shape index (κ1) is 20.2. The molecule has 7 heteroatoms. The number of nitrogens with one attached hydrogen (secondary N) is 1. The van der Waals surface area contributed by atoms with E-state index in [9.17, 15) is 4.79 Å². The summed E-state index contributed by atoms with van der Waals surface area (Å²) in [6, 6.07) is 9.23. The van der Waals surface area contributed by atoms with Crippen LogP contribution in [0.2, 0.25) is 0 Å². The van der Waals surface area contributed by atoms with Crippen molar-refractivity contribution >= 4 is 18.3 Å². The maximum atomic E-state index is 11.9. The molecular weight excluding hydrogens is 328 g/mol. The van der Waals surface area contributed by atoms with Gasteiger partial charge in [0.25, 0.3) is 0 Å². The van der Waals surface area contributed by atoms with E-state index in [1.54, 1.807) is 0 Å². The van der Waals surface area contributed by atoms with E-state index >= 15 is 0 Å². The molecule has 1 aromatic heterocycles. The van der Waals surface area contributed by atoms with Gasteiger partial charge in [0, 0.05) is 25.4 Å². The fourth-order valence-corrected chi connectivity index (χ4v) is 2.33. The van der Waals surface area contributed by atoms with Crippen LogP contribution in [0.5, 0.6) is 0 Å². The Morgan fingerprint density at radius 1 is 1.33 bits per heavy atom. The highest BCUT2D eigenvalue weighted by atomic mass is 35.5. The third-order valence-electron chi connectivity index (χ3n) is 3.53. The van der Waals surface area contributed by atoms with Gasteiger partial charge in [-0.3, -0.25) is 4.79 Å². The lowest BCUT2D eigenvalue weighted by atomic mass is 10.1. The van der Waals surface area contributed by atoms with Gasteiger partial charge in [-0.1, -0.05) is 32.0 Å². The first-order valence-corrected chi connectivity index (χ1v) is 7.69. The van der Waals surface area contributed by atoms with Crippen molar-refractivity contribution < 1.29 is 9.53 Å². The number of para-hydroxylation sites is 1. The highest BCUT2D eigenvalue weighted by Gasteiger charge is 2.16. The summed E-state index contributed by atoms with van der Waals surface area (Å²) in [5, 5.41) is 7.49. The molecule has 24 heavy (non-hydrogen) atoms. The Morgan fingerprint density at radius 2 is 2.00 bits per heavy atom. The summed E-state index contributed by atoms with van der Waals surface area (Å²) in [6.07, 6.45) is 1.95. The summed E-state index contributed by atoms with van der Waals surface area (Å²) >= 11 is 0. The Balaban J connectivity index is 0.00000288. The molecular formula is C17H25ClN4O2. The van der Waals surface area contributed by atoms with Crippen LogP contribution in [-0.4, -0.2) is 35.4 Å². The topological polar surface area (TPSA) is 82.2 Å². The maximum absolute atomic E-state index is 11.9. The molecule has 0 fully saturated rings. The minimum absolute atomic E-state index is 0. The first-order chi connectivity index (χ1) is 11.0. The standard InChI is InChI=1S/C17H24N4O2.ClH/c1-12(2)16-13(9-19-17(22)15(18)11-23-3)10-21(20-16)14-7-5-4-6-8-14;/h4-8,10,12,15H,9,11,18H2,1-3H3,(H,19,22);1H. The number of rotatable bonds is 7. The SMILES string of the molecule is COCC(N)C(=O)NCc1cn(-c2ccccc2)nc1C(C)C.Cl. The molecule has 3 N–H and O–H groups in total. The highest BCUT2D eigenvalue weighted by molar-refractivity contribution is 5.85. The number of aromatic nitrogens is 2. The van der Waals surface area contributed by atoms with Gasteiger partial charge < -0.3 is 15.8 Å². The minimum Gasteiger partial charge on any atom is -0.383 e. The summed E-state index contributed by atoms with van der Waals surface area (Å²) in [5.41, 5.74) is 8.67. The second kappa shape index (κ2) is 9.42. The molecule has 1 heterocycles. The predicted molar refractivity (Wildman–Crippen MR) is 96.6 cm³/mol. The number of methoxy groups -OCH3 is 1. The molecule has 0 aliphatic heterocycles. The summed E-state index contributed by atoms with van der Waals surface area (Å²) in [4.78, 5) is 11.9. The number of benzene rings is 1. The van der Waals surface area contributed by atoms with Crippen LogP contribution in [-0.2, 0) is 16.1 Å². The van der Waals surface area contributed by atoms with Gasteiger partial charge in [0.15, 0.2) is 0 Å². The fraction of sp³-hybridized carbons (Fsp3) is 0.412. The number of carbonyl (C=O) groups is 1. The molecule has 1 unspecified atom stereocenters. The molecule has 0 spiro atoms. The van der Waals surface area contributed by atoms with Crippen LogP contribution in [0, 0.1) is 0 Å². The average molecular weight is 353 g/mol. The van der Waals surface area contributed by atoms with Crippen LogP contribution in [0.3, 0.4) is 0 Å². The van der Waals surface area contributed by atoms with Crippen LogP contribution >= 0.6 is 12.4 Å². The molecule has 0 bridgehead atoms. The van der Waals surface area contributed by atoms with E-state index < -0.39 is 6.04 Å². The molecule has 6 nitrogen and oxygen atoms in total. The van der Waals surface area contributed by atoms with Gasteiger partial charge in [-0.2, -0.15) is 5.10 Å². The number of amides is 1. The third-order valence-corrected chi connectivity index (χ3v) is 3.53. The van der Waals surface area contributed by atoms with Crippen molar-refractivity contribution in [1.82, 2.24) is 15.1 Å². The zero-order valence-corrected chi connectivity index (χ0v) is 15.0. The number of nitrogens with two attached hydrogens (primary N) is 1. The molecule has 1 amide bonds. The summed E-state index contributed by atoms with van der Waals surface area (Å²) in [6.45, 7) is 4.77. The zero-order valence-electron chi connectivity index (χ0n) is 14.2. The third kappa shape index (κ3) is 5.06. The van der Waals surface area contributed by atoms with Crippen LogP contribution in [0.4, 0.5) is 0 Å². The van der Waals surface area contributed by atoms with E-state index in [0.717, 1.165) is 16.9 Å². The van der Waals surface area contributed by atoms with Gasteiger partial charge in [-0.25, -0.2) is 4.68 Å². The lowest BCUT2D eigenvalue weighted by Crippen LogP contribution is -2.43. The molecule has 132 valence electrons. The summed E-state index contributed by atoms with van der Waals surface area (Å²) in [7, 11) is 1.52. The van der Waals surface area contributed by atoms with Gasteiger partial charge in [0.2, 0.25) is 5.91 Å². The number of hydrogen-bond donors (Lipinski definition) is 2. The second-order valence-electron chi connectivity index (χ2n) is 5.75. The van der Waals surface area contributed by atoms with Crippen LogP contribution in [0.1, 0.15) is 31.0 Å². The molecule has 0 aliphatic rings. The summed E-state index contributed by atoms with van der Waals surface area (Å²) < 4.78 is 6.74. The van der Waals surface area contributed by atoms with Crippen molar-refractivity contribution in [2.24, 2.45) is 5.73 Å². The normalized spacial score (nSPS) is 11.9. The lowest BCUT2D eigenvalue weighted by molar-refractivity contribution is -0.123. The second-order valence-corrected chi connectivity index (χ2v) is 5.75. The van der Waals surface area contributed by atoms with Crippen molar-refractivity contribution in [2.45, 2.75) is 32.4 Å². The zero-order chi connectivity index (χ0) is 16.8. The molecule has 2 rings (SSSR count). The Hall–Kier alpha value is -1.89. The van der Waals surface area contributed by atoms with Crippen LogP contribution in [0.25, 0.3) is 5.69 Å². The van der Waals surface area contributed by atoms with E-state index in [4.69, 9.17) is 10.5 Å². The molecule has 0 saturated carbocycles. The molecule has 0 aliphatic carbocycles. The molecule has 2 aromatic rings. The quantitative estimate of drug-likeness (QED) is 0.798. The number of nitrogens with zero attached hydrogens (tertiary/aromatic N) is 2. The average Bonchev–Trinajstić information content (AvgIpc) is 2.98. The van der Waals surface area contributed by atoms with E-state index in [1.807, 2.05) is 41.2 Å². The highest BCUT2D eigenvalue weighted by Crippen LogP contribution is 2.19. The van der Waals surface area contributed by atoms with Crippen molar-refractivity contribution in [3.05, 3.63) is 47.8 Å². The van der Waals surface area contributed by atoms with Gasteiger partial charge in [0.1, 0.15) is 6.04 Å². The monoisotopic (exact) mass is 352 g/mol. The first-order valence-electron chi connectivity index (χ1n) is 7.69. The lowest BCUT2D eigenvalue weighted by Gasteiger charge is -2.11. The maximum Gasteiger partial charge on any atom is 0.239 e. The van der Waals surface area contributed by atoms with Gasteiger partial charge >= 0.3 is 0 Å². The van der Waals surface area contributed by atoms with Crippen molar-refractivity contribution in [3.8, 4) is 5.69 Å². The smallest absolute Gasteiger partial charge is 0.239 e. The molecule has 1 aromatic carbocycles. The largest absolute Gasteiger partial charge is 0.383 e. The molecule has 1 atom stereocenters. The van der Waals surface area contributed by atoms with E-state index in [1.165, 1.54) is 7.11 Å². The van der Waals surface area contributed by atoms with E-state index in [0.29, 0.717) is 6.54 Å². The van der Waals surface area contributed by atoms with Crippen molar-refractivity contribution in [2.75, 3.05) is 13.7 Å². The number of hydrogen-bond acceptors (Lipinski definition) is 4. The van der Waals surface area contributed by atoms with Crippen LogP contribution in [0.15, 0.2) is 36.5 Å². The number of carbonyl (C=O) groups excluding carboxylic acids is 1. The Labute approximate surface area is 148 Å². The molecule has 0 radical (unpaired) electrons. The van der Waals surface area contributed by atoms with E-state index in [2.05, 4.69) is 24.3 Å². The minimum atomic E-state index is -0.660. The van der Waals surface area contributed by atoms with Gasteiger partial charge in [-0.15, -0.1) is 12.4 Å². The van der Waals surface area contributed by atoms with Gasteiger partial charge in [0.05, 0.1) is 18.0 Å². The van der Waals surface area contributed by atoms with Crippen molar-refractivity contribution in [3.63, 3.8) is 0 Å². The molecule has 0 saturated heterocycles. The predicted octanol–water partition coefficient (Wildman–Crippen LogP) is 2.01.